The summed E-state index contributed by atoms with van der Waals surface area (Å²) in [6.45, 7) is 2.80. The molecule has 1 saturated carbocycles. The van der Waals surface area contributed by atoms with Crippen LogP contribution in [0.3, 0.4) is 0 Å². The molecule has 0 spiro atoms. The SMILES string of the molecule is Cc1nc2c(c(=O)[nH]1)CN(C(=O)C1(c3ccccc3)CCCC1)CC2. The standard InChI is InChI=1S/C20H23N3O2/c1-14-21-17-9-12-23(13-16(17)18(24)22-14)19(25)20(10-5-6-11-20)15-7-3-2-4-8-15/h2-4,7-8H,5-6,9-13H2,1H3,(H,21,22,24). The molecule has 1 aromatic heterocycles. The summed E-state index contributed by atoms with van der Waals surface area (Å²) < 4.78 is 0. The number of amides is 1. The van der Waals surface area contributed by atoms with Crippen LogP contribution in [0.15, 0.2) is 35.1 Å². The Labute approximate surface area is 147 Å². The topological polar surface area (TPSA) is 66.1 Å². The summed E-state index contributed by atoms with van der Waals surface area (Å²) in [6, 6.07) is 10.1. The molecule has 4 rings (SSSR count). The van der Waals surface area contributed by atoms with Gasteiger partial charge in [-0.15, -0.1) is 0 Å². The first kappa shape index (κ1) is 16.1. The maximum Gasteiger partial charge on any atom is 0.256 e. The summed E-state index contributed by atoms with van der Waals surface area (Å²) in [4.78, 5) is 34.9. The maximum atomic E-state index is 13.5. The van der Waals surface area contributed by atoms with Crippen molar-refractivity contribution in [2.75, 3.05) is 6.54 Å². The van der Waals surface area contributed by atoms with Gasteiger partial charge in [0.1, 0.15) is 5.82 Å². The Morgan fingerprint density at radius 1 is 1.20 bits per heavy atom. The molecule has 0 atom stereocenters. The van der Waals surface area contributed by atoms with E-state index in [1.807, 2.05) is 23.1 Å². The van der Waals surface area contributed by atoms with Crippen LogP contribution in [0.2, 0.25) is 0 Å². The zero-order valence-electron chi connectivity index (χ0n) is 14.5. The third-order valence-corrected chi connectivity index (χ3v) is 5.67. The molecule has 5 nitrogen and oxygen atoms in total. The fourth-order valence-corrected chi connectivity index (χ4v) is 4.39. The Morgan fingerprint density at radius 2 is 1.92 bits per heavy atom. The average Bonchev–Trinajstić information content (AvgIpc) is 3.12. The number of rotatable bonds is 2. The molecule has 25 heavy (non-hydrogen) atoms. The number of aromatic amines is 1. The van der Waals surface area contributed by atoms with Gasteiger partial charge in [-0.2, -0.15) is 0 Å². The second-order valence-corrected chi connectivity index (χ2v) is 7.21. The van der Waals surface area contributed by atoms with Crippen LogP contribution in [0.5, 0.6) is 0 Å². The Morgan fingerprint density at radius 3 is 2.64 bits per heavy atom. The lowest BCUT2D eigenvalue weighted by molar-refractivity contribution is -0.138. The van der Waals surface area contributed by atoms with E-state index >= 15 is 0 Å². The fourth-order valence-electron chi connectivity index (χ4n) is 4.39. The molecule has 1 N–H and O–H groups in total. The second kappa shape index (κ2) is 6.14. The summed E-state index contributed by atoms with van der Waals surface area (Å²) in [6.07, 6.45) is 4.58. The van der Waals surface area contributed by atoms with Crippen molar-refractivity contribution in [2.24, 2.45) is 0 Å². The molecule has 0 saturated heterocycles. The van der Waals surface area contributed by atoms with Gasteiger partial charge in [-0.3, -0.25) is 9.59 Å². The van der Waals surface area contributed by atoms with Gasteiger partial charge in [0.2, 0.25) is 5.91 Å². The lowest BCUT2D eigenvalue weighted by Gasteiger charge is -2.37. The summed E-state index contributed by atoms with van der Waals surface area (Å²) in [5.41, 5.74) is 2.06. The number of carbonyl (C=O) groups is 1. The molecule has 1 aromatic carbocycles. The van der Waals surface area contributed by atoms with E-state index in [2.05, 4.69) is 22.1 Å². The first-order chi connectivity index (χ1) is 12.1. The van der Waals surface area contributed by atoms with Gasteiger partial charge in [0, 0.05) is 13.0 Å². The molecule has 2 heterocycles. The number of nitrogens with zero attached hydrogens (tertiary/aromatic N) is 2. The molecule has 1 amide bonds. The molecule has 1 aliphatic heterocycles. The van der Waals surface area contributed by atoms with Crippen molar-refractivity contribution in [1.29, 1.82) is 0 Å². The maximum absolute atomic E-state index is 13.5. The third-order valence-electron chi connectivity index (χ3n) is 5.67. The molecule has 0 unspecified atom stereocenters. The van der Waals surface area contributed by atoms with E-state index in [0.29, 0.717) is 30.9 Å². The first-order valence-electron chi connectivity index (χ1n) is 9.04. The molecular weight excluding hydrogens is 314 g/mol. The van der Waals surface area contributed by atoms with Gasteiger partial charge in [0.15, 0.2) is 0 Å². The molecule has 1 aliphatic carbocycles. The van der Waals surface area contributed by atoms with Crippen LogP contribution in [-0.4, -0.2) is 27.3 Å². The van der Waals surface area contributed by atoms with Crippen molar-refractivity contribution in [2.45, 2.75) is 51.0 Å². The Hall–Kier alpha value is -2.43. The quantitative estimate of drug-likeness (QED) is 0.915. The zero-order chi connectivity index (χ0) is 17.4. The second-order valence-electron chi connectivity index (χ2n) is 7.21. The minimum absolute atomic E-state index is 0.111. The minimum Gasteiger partial charge on any atom is -0.337 e. The van der Waals surface area contributed by atoms with Crippen molar-refractivity contribution in [3.05, 3.63) is 63.3 Å². The highest BCUT2D eigenvalue weighted by Crippen LogP contribution is 2.43. The molecule has 0 radical (unpaired) electrons. The van der Waals surface area contributed by atoms with Gasteiger partial charge >= 0.3 is 0 Å². The summed E-state index contributed by atoms with van der Waals surface area (Å²) in [5.74, 6) is 0.807. The smallest absolute Gasteiger partial charge is 0.256 e. The number of nitrogens with one attached hydrogen (secondary N) is 1. The number of fused-ring (bicyclic) bond motifs is 1. The fraction of sp³-hybridized carbons (Fsp3) is 0.450. The van der Waals surface area contributed by atoms with E-state index in [4.69, 9.17) is 0 Å². The van der Waals surface area contributed by atoms with Gasteiger partial charge in [0.05, 0.1) is 23.2 Å². The molecule has 2 aliphatic rings. The van der Waals surface area contributed by atoms with E-state index < -0.39 is 5.41 Å². The van der Waals surface area contributed by atoms with Crippen molar-refractivity contribution >= 4 is 5.91 Å². The van der Waals surface area contributed by atoms with Crippen LogP contribution in [0.1, 0.15) is 48.3 Å². The molecule has 0 bridgehead atoms. The predicted molar refractivity (Wildman–Crippen MR) is 95.3 cm³/mol. The number of H-pyrrole nitrogens is 1. The molecule has 5 heteroatoms. The van der Waals surface area contributed by atoms with E-state index in [-0.39, 0.29) is 11.5 Å². The Balaban J connectivity index is 1.67. The lowest BCUT2D eigenvalue weighted by atomic mass is 9.77. The minimum atomic E-state index is -0.427. The largest absolute Gasteiger partial charge is 0.337 e. The van der Waals surface area contributed by atoms with E-state index in [1.165, 1.54) is 0 Å². The normalized spacial score (nSPS) is 18.8. The highest BCUT2D eigenvalue weighted by atomic mass is 16.2. The van der Waals surface area contributed by atoms with Crippen LogP contribution < -0.4 is 5.56 Å². The average molecular weight is 337 g/mol. The Bertz CT molecular complexity index is 851. The number of aryl methyl sites for hydroxylation is 1. The van der Waals surface area contributed by atoms with Crippen LogP contribution in [0.4, 0.5) is 0 Å². The first-order valence-corrected chi connectivity index (χ1v) is 9.04. The van der Waals surface area contributed by atoms with Crippen molar-refractivity contribution in [3.8, 4) is 0 Å². The van der Waals surface area contributed by atoms with Gasteiger partial charge in [-0.1, -0.05) is 43.2 Å². The molecule has 130 valence electrons. The molecule has 2 aromatic rings. The van der Waals surface area contributed by atoms with Gasteiger partial charge < -0.3 is 9.88 Å². The van der Waals surface area contributed by atoms with Gasteiger partial charge in [0.25, 0.3) is 5.56 Å². The Kier molecular flexibility index (Phi) is 3.94. The van der Waals surface area contributed by atoms with E-state index in [9.17, 15) is 9.59 Å². The number of benzene rings is 1. The number of hydrogen-bond acceptors (Lipinski definition) is 3. The van der Waals surface area contributed by atoms with E-state index in [0.717, 1.165) is 36.9 Å². The van der Waals surface area contributed by atoms with Gasteiger partial charge in [-0.25, -0.2) is 4.98 Å². The summed E-state index contributed by atoms with van der Waals surface area (Å²) in [7, 11) is 0. The predicted octanol–water partition coefficient (Wildman–Crippen LogP) is 2.48. The lowest BCUT2D eigenvalue weighted by Crippen LogP contribution is -2.48. The van der Waals surface area contributed by atoms with E-state index in [1.54, 1.807) is 6.92 Å². The van der Waals surface area contributed by atoms with Crippen LogP contribution in [0.25, 0.3) is 0 Å². The highest BCUT2D eigenvalue weighted by Gasteiger charge is 2.45. The number of hydrogen-bond donors (Lipinski definition) is 1. The van der Waals surface area contributed by atoms with Crippen molar-refractivity contribution in [1.82, 2.24) is 14.9 Å². The van der Waals surface area contributed by atoms with Crippen LogP contribution in [-0.2, 0) is 23.2 Å². The zero-order valence-corrected chi connectivity index (χ0v) is 14.5. The molecular formula is C20H23N3O2. The highest BCUT2D eigenvalue weighted by molar-refractivity contribution is 5.88. The number of aromatic nitrogens is 2. The van der Waals surface area contributed by atoms with Crippen molar-refractivity contribution in [3.63, 3.8) is 0 Å². The van der Waals surface area contributed by atoms with Crippen LogP contribution in [0, 0.1) is 6.92 Å². The summed E-state index contributed by atoms with van der Waals surface area (Å²) >= 11 is 0. The van der Waals surface area contributed by atoms with Crippen LogP contribution >= 0.6 is 0 Å². The number of carbonyl (C=O) groups excluding carboxylic acids is 1. The third kappa shape index (κ3) is 2.68. The van der Waals surface area contributed by atoms with Crippen molar-refractivity contribution < 1.29 is 4.79 Å². The molecule has 1 fully saturated rings. The summed E-state index contributed by atoms with van der Waals surface area (Å²) in [5, 5.41) is 0. The van der Waals surface area contributed by atoms with Gasteiger partial charge in [-0.05, 0) is 25.3 Å². The monoisotopic (exact) mass is 337 g/mol.